The molecule has 0 aromatic heterocycles. The Kier molecular flexibility index (Phi) is 54.3. The molecular weight excluding hydrogens is 789 g/mol. The van der Waals surface area contributed by atoms with E-state index in [0.29, 0.717) is 26.1 Å². The van der Waals surface area contributed by atoms with Crippen molar-refractivity contribution in [1.82, 2.24) is 0 Å². The van der Waals surface area contributed by atoms with E-state index in [1.54, 1.807) is 0 Å². The van der Waals surface area contributed by atoms with Crippen LogP contribution in [0.1, 0.15) is 316 Å². The van der Waals surface area contributed by atoms with E-state index in [1.807, 2.05) is 0 Å². The topological polar surface area (TPSA) is 61.8 Å². The number of allylic oxidation sites excluding steroid dienone is 4. The lowest BCUT2D eigenvalue weighted by Crippen LogP contribution is -2.30. The Morgan fingerprint density at radius 1 is 0.328 bits per heavy atom. The number of rotatable bonds is 54. The molecule has 378 valence electrons. The minimum absolute atomic E-state index is 0.0862. The molecule has 0 rings (SSSR count). The normalized spacial score (nSPS) is 12.2. The van der Waals surface area contributed by atoms with Gasteiger partial charge in [0.15, 0.2) is 6.10 Å². The van der Waals surface area contributed by atoms with E-state index >= 15 is 0 Å². The van der Waals surface area contributed by atoms with Crippen molar-refractivity contribution in [2.24, 2.45) is 0 Å². The van der Waals surface area contributed by atoms with Crippen molar-refractivity contribution in [1.29, 1.82) is 0 Å². The highest BCUT2D eigenvalue weighted by atomic mass is 16.6. The summed E-state index contributed by atoms with van der Waals surface area (Å²) in [6, 6.07) is 0. The Morgan fingerprint density at radius 2 is 0.609 bits per heavy atom. The van der Waals surface area contributed by atoms with E-state index in [1.165, 1.54) is 238 Å². The van der Waals surface area contributed by atoms with E-state index in [9.17, 15) is 9.59 Å². The van der Waals surface area contributed by atoms with Crippen molar-refractivity contribution < 1.29 is 23.8 Å². The molecule has 0 radical (unpaired) electrons. The zero-order valence-corrected chi connectivity index (χ0v) is 43.6. The predicted molar refractivity (Wildman–Crippen MR) is 279 cm³/mol. The van der Waals surface area contributed by atoms with E-state index in [4.69, 9.17) is 14.2 Å². The van der Waals surface area contributed by atoms with Gasteiger partial charge in [-0.3, -0.25) is 9.59 Å². The van der Waals surface area contributed by atoms with Crippen molar-refractivity contribution in [2.45, 2.75) is 322 Å². The second-order valence-corrected chi connectivity index (χ2v) is 19.5. The molecule has 0 spiro atoms. The van der Waals surface area contributed by atoms with Crippen LogP contribution in [-0.2, 0) is 23.8 Å². The average Bonchev–Trinajstić information content (AvgIpc) is 3.30. The molecule has 64 heavy (non-hydrogen) atoms. The first-order valence-electron chi connectivity index (χ1n) is 28.9. The van der Waals surface area contributed by atoms with Gasteiger partial charge in [-0.05, 0) is 70.6 Å². The van der Waals surface area contributed by atoms with Crippen molar-refractivity contribution in [3.63, 3.8) is 0 Å². The molecular formula is C59H112O5. The fourth-order valence-corrected chi connectivity index (χ4v) is 8.62. The number of carbonyl (C=O) groups excluding carboxylic acids is 2. The van der Waals surface area contributed by atoms with Gasteiger partial charge in [0.25, 0.3) is 0 Å². The maximum Gasteiger partial charge on any atom is 0.306 e. The van der Waals surface area contributed by atoms with Crippen molar-refractivity contribution >= 4 is 11.9 Å². The summed E-state index contributed by atoms with van der Waals surface area (Å²) < 4.78 is 17.5. The van der Waals surface area contributed by atoms with Crippen LogP contribution in [0, 0.1) is 0 Å². The van der Waals surface area contributed by atoms with Gasteiger partial charge in [-0.2, -0.15) is 0 Å². The first-order valence-corrected chi connectivity index (χ1v) is 28.9. The van der Waals surface area contributed by atoms with Gasteiger partial charge in [0, 0.05) is 19.4 Å². The second kappa shape index (κ2) is 55.7. The fraction of sp³-hybridized carbons (Fsp3) is 0.898. The van der Waals surface area contributed by atoms with Gasteiger partial charge in [0.1, 0.15) is 6.61 Å². The van der Waals surface area contributed by atoms with Crippen LogP contribution in [0.5, 0.6) is 0 Å². The summed E-state index contributed by atoms with van der Waals surface area (Å²) in [5.41, 5.74) is 0. The van der Waals surface area contributed by atoms with Crippen LogP contribution < -0.4 is 0 Å². The number of carbonyl (C=O) groups is 2. The maximum absolute atomic E-state index is 12.9. The monoisotopic (exact) mass is 901 g/mol. The average molecular weight is 902 g/mol. The minimum Gasteiger partial charge on any atom is -0.462 e. The van der Waals surface area contributed by atoms with Gasteiger partial charge < -0.3 is 14.2 Å². The molecule has 0 N–H and O–H groups in total. The van der Waals surface area contributed by atoms with Crippen LogP contribution in [0.2, 0.25) is 0 Å². The lowest BCUT2D eigenvalue weighted by atomic mass is 10.0. The highest BCUT2D eigenvalue weighted by Gasteiger charge is 2.17. The molecule has 0 fully saturated rings. The lowest BCUT2D eigenvalue weighted by molar-refractivity contribution is -0.163. The minimum atomic E-state index is -0.536. The summed E-state index contributed by atoms with van der Waals surface area (Å²) in [6.07, 6.45) is 66.2. The summed E-state index contributed by atoms with van der Waals surface area (Å²) in [7, 11) is 0. The summed E-state index contributed by atoms with van der Waals surface area (Å²) in [6.45, 7) is 7.87. The number of hydrogen-bond donors (Lipinski definition) is 0. The maximum atomic E-state index is 12.9. The molecule has 0 aromatic carbocycles. The van der Waals surface area contributed by atoms with Crippen molar-refractivity contribution in [3.8, 4) is 0 Å². The zero-order valence-electron chi connectivity index (χ0n) is 43.6. The molecule has 0 saturated carbocycles. The van der Waals surface area contributed by atoms with Gasteiger partial charge >= 0.3 is 11.9 Å². The van der Waals surface area contributed by atoms with Crippen molar-refractivity contribution in [2.75, 3.05) is 19.8 Å². The van der Waals surface area contributed by atoms with Crippen molar-refractivity contribution in [3.05, 3.63) is 24.3 Å². The third-order valence-corrected chi connectivity index (χ3v) is 13.0. The largest absolute Gasteiger partial charge is 0.462 e. The Hall–Kier alpha value is -1.62. The third-order valence-electron chi connectivity index (χ3n) is 13.0. The highest BCUT2D eigenvalue weighted by molar-refractivity contribution is 5.70. The molecule has 5 heteroatoms. The fourth-order valence-electron chi connectivity index (χ4n) is 8.62. The summed E-state index contributed by atoms with van der Waals surface area (Å²) >= 11 is 0. The number of hydrogen-bond acceptors (Lipinski definition) is 5. The number of esters is 2. The predicted octanol–water partition coefficient (Wildman–Crippen LogP) is 19.6. The molecule has 5 nitrogen and oxygen atoms in total. The van der Waals surface area contributed by atoms with Crippen LogP contribution in [0.3, 0.4) is 0 Å². The van der Waals surface area contributed by atoms with Crippen LogP contribution in [0.25, 0.3) is 0 Å². The Balaban J connectivity index is 4.24. The SMILES string of the molecule is CCCCCCCC/C=C\CCCCCCCCCC(=O)O[C@H](COCCCCCCCCCCCCCCCCCC)COC(=O)CCCCCCC/C=C\CCCCCCCC. The van der Waals surface area contributed by atoms with E-state index in [2.05, 4.69) is 45.1 Å². The molecule has 0 heterocycles. The molecule has 0 saturated heterocycles. The Bertz CT molecular complexity index is 974. The first kappa shape index (κ1) is 62.4. The Labute approximate surface area is 400 Å². The Morgan fingerprint density at radius 3 is 0.953 bits per heavy atom. The van der Waals surface area contributed by atoms with E-state index in [0.717, 1.165) is 44.9 Å². The summed E-state index contributed by atoms with van der Waals surface area (Å²) in [5, 5.41) is 0. The van der Waals surface area contributed by atoms with E-state index in [-0.39, 0.29) is 18.5 Å². The summed E-state index contributed by atoms with van der Waals surface area (Å²) in [5.74, 6) is -0.391. The van der Waals surface area contributed by atoms with Gasteiger partial charge in [0.05, 0.1) is 6.61 Å². The van der Waals surface area contributed by atoms with E-state index < -0.39 is 6.10 Å². The van der Waals surface area contributed by atoms with Crippen LogP contribution in [0.15, 0.2) is 24.3 Å². The molecule has 0 aliphatic rings. The van der Waals surface area contributed by atoms with Crippen LogP contribution >= 0.6 is 0 Å². The zero-order chi connectivity index (χ0) is 46.3. The molecule has 0 aromatic rings. The molecule has 0 aliphatic carbocycles. The molecule has 0 bridgehead atoms. The quantitative estimate of drug-likeness (QED) is 0.0346. The first-order chi connectivity index (χ1) is 31.6. The van der Waals surface area contributed by atoms with Gasteiger partial charge in [0.2, 0.25) is 0 Å². The highest BCUT2D eigenvalue weighted by Crippen LogP contribution is 2.16. The van der Waals surface area contributed by atoms with Gasteiger partial charge in [-0.1, -0.05) is 257 Å². The smallest absolute Gasteiger partial charge is 0.306 e. The number of ether oxygens (including phenoxy) is 3. The molecule has 0 aliphatic heterocycles. The van der Waals surface area contributed by atoms with Crippen LogP contribution in [-0.4, -0.2) is 37.9 Å². The summed E-state index contributed by atoms with van der Waals surface area (Å²) in [4.78, 5) is 25.5. The molecule has 0 amide bonds. The van der Waals surface area contributed by atoms with Gasteiger partial charge in [-0.15, -0.1) is 0 Å². The standard InChI is InChI=1S/C59H112O5/c1-4-7-10-13-16-19-22-25-28-30-32-35-38-41-44-47-50-53-59(61)64-57(55-62-54-51-48-45-42-39-36-33-29-26-23-20-17-14-11-8-5-2)56-63-58(60)52-49-46-43-40-37-34-31-27-24-21-18-15-12-9-6-3/h25,27-28,31,57H,4-24,26,29-30,32-56H2,1-3H3/b28-25-,31-27-/t57-/m1/s1. The second-order valence-electron chi connectivity index (χ2n) is 19.5. The lowest BCUT2D eigenvalue weighted by Gasteiger charge is -2.18. The number of unbranched alkanes of at least 4 members (excludes halogenated alkanes) is 39. The van der Waals surface area contributed by atoms with Crippen LogP contribution in [0.4, 0.5) is 0 Å². The molecule has 0 unspecified atom stereocenters. The molecule has 1 atom stereocenters. The van der Waals surface area contributed by atoms with Gasteiger partial charge in [-0.25, -0.2) is 0 Å². The third kappa shape index (κ3) is 53.0.